The highest BCUT2D eigenvalue weighted by Gasteiger charge is 2.43. The third-order valence-electron chi connectivity index (χ3n) is 3.69. The van der Waals surface area contributed by atoms with Gasteiger partial charge in [0.15, 0.2) is 0 Å². The Bertz CT molecular complexity index is 507. The molecular formula is C17H24O3. The molecule has 1 aliphatic rings. The van der Waals surface area contributed by atoms with Crippen LogP contribution in [0.15, 0.2) is 18.2 Å². The van der Waals surface area contributed by atoms with Crippen LogP contribution in [0.1, 0.15) is 51.7 Å². The van der Waals surface area contributed by atoms with Crippen LogP contribution in [0.5, 0.6) is 5.75 Å². The van der Waals surface area contributed by atoms with Gasteiger partial charge in [-0.3, -0.25) is 4.79 Å². The molecule has 1 aliphatic carbocycles. The van der Waals surface area contributed by atoms with Crippen molar-refractivity contribution < 1.29 is 14.3 Å². The first kappa shape index (κ1) is 14.9. The number of rotatable bonds is 4. The van der Waals surface area contributed by atoms with Crippen molar-refractivity contribution in [3.8, 4) is 5.75 Å². The van der Waals surface area contributed by atoms with Gasteiger partial charge in [-0.1, -0.05) is 19.1 Å². The zero-order chi connectivity index (χ0) is 15.0. The maximum Gasteiger partial charge on any atom is 0.310 e. The molecule has 1 aromatic carbocycles. The zero-order valence-electron chi connectivity index (χ0n) is 13.1. The maximum atomic E-state index is 12.1. The summed E-state index contributed by atoms with van der Waals surface area (Å²) in [7, 11) is 1.68. The van der Waals surface area contributed by atoms with Gasteiger partial charge < -0.3 is 9.47 Å². The molecule has 0 spiro atoms. The molecule has 0 unspecified atom stereocenters. The largest absolute Gasteiger partial charge is 0.496 e. The Labute approximate surface area is 121 Å². The Morgan fingerprint density at radius 3 is 2.45 bits per heavy atom. The SMILES string of the molecule is COc1cccc(CC(=O)OC(C)(C)C)c1C1(C)CC1. The van der Waals surface area contributed by atoms with Crippen LogP contribution in [-0.4, -0.2) is 18.7 Å². The van der Waals surface area contributed by atoms with E-state index in [9.17, 15) is 4.79 Å². The lowest BCUT2D eigenvalue weighted by atomic mass is 9.90. The minimum absolute atomic E-state index is 0.157. The maximum absolute atomic E-state index is 12.1. The van der Waals surface area contributed by atoms with E-state index < -0.39 is 5.60 Å². The predicted molar refractivity (Wildman–Crippen MR) is 79.1 cm³/mol. The van der Waals surface area contributed by atoms with Crippen LogP contribution in [0.3, 0.4) is 0 Å². The molecule has 0 atom stereocenters. The van der Waals surface area contributed by atoms with Gasteiger partial charge in [0.1, 0.15) is 11.4 Å². The number of methoxy groups -OCH3 is 1. The summed E-state index contributed by atoms with van der Waals surface area (Å²) in [5.74, 6) is 0.697. The second-order valence-corrected chi connectivity index (χ2v) is 6.82. The van der Waals surface area contributed by atoms with Gasteiger partial charge in [0.25, 0.3) is 0 Å². The van der Waals surface area contributed by atoms with Gasteiger partial charge in [0.2, 0.25) is 0 Å². The van der Waals surface area contributed by atoms with E-state index in [0.29, 0.717) is 6.42 Å². The lowest BCUT2D eigenvalue weighted by Crippen LogP contribution is -2.25. The zero-order valence-corrected chi connectivity index (χ0v) is 13.1. The fourth-order valence-corrected chi connectivity index (χ4v) is 2.55. The van der Waals surface area contributed by atoms with Crippen molar-refractivity contribution in [1.82, 2.24) is 0 Å². The molecule has 0 saturated heterocycles. The monoisotopic (exact) mass is 276 g/mol. The molecule has 2 rings (SSSR count). The van der Waals surface area contributed by atoms with Crippen LogP contribution in [0.25, 0.3) is 0 Å². The molecule has 1 fully saturated rings. The number of esters is 1. The minimum atomic E-state index is -0.445. The smallest absolute Gasteiger partial charge is 0.310 e. The third kappa shape index (κ3) is 3.33. The summed E-state index contributed by atoms with van der Waals surface area (Å²) < 4.78 is 10.9. The Morgan fingerprint density at radius 1 is 1.30 bits per heavy atom. The third-order valence-corrected chi connectivity index (χ3v) is 3.69. The van der Waals surface area contributed by atoms with E-state index in [1.165, 1.54) is 5.56 Å². The van der Waals surface area contributed by atoms with Gasteiger partial charge in [0, 0.05) is 5.56 Å². The molecule has 0 aromatic heterocycles. The fraction of sp³-hybridized carbons (Fsp3) is 0.588. The molecule has 110 valence electrons. The molecule has 0 amide bonds. The molecule has 1 aromatic rings. The molecule has 3 nitrogen and oxygen atoms in total. The van der Waals surface area contributed by atoms with Crippen molar-refractivity contribution in [3.63, 3.8) is 0 Å². The molecule has 0 radical (unpaired) electrons. The van der Waals surface area contributed by atoms with Crippen LogP contribution in [-0.2, 0) is 21.4 Å². The van der Waals surface area contributed by atoms with Crippen LogP contribution >= 0.6 is 0 Å². The van der Waals surface area contributed by atoms with Crippen molar-refractivity contribution in [3.05, 3.63) is 29.3 Å². The summed E-state index contributed by atoms with van der Waals surface area (Å²) in [6, 6.07) is 5.91. The van der Waals surface area contributed by atoms with Crippen LogP contribution < -0.4 is 4.74 Å². The first-order valence-corrected chi connectivity index (χ1v) is 7.13. The summed E-state index contributed by atoms with van der Waals surface area (Å²) in [6.45, 7) is 7.89. The minimum Gasteiger partial charge on any atom is -0.496 e. The Kier molecular flexibility index (Phi) is 3.81. The van der Waals surface area contributed by atoms with E-state index >= 15 is 0 Å². The molecule has 1 saturated carbocycles. The first-order valence-electron chi connectivity index (χ1n) is 7.13. The first-order chi connectivity index (χ1) is 9.25. The number of carbonyl (C=O) groups is 1. The number of benzene rings is 1. The summed E-state index contributed by atoms with van der Waals surface area (Å²) in [6.07, 6.45) is 2.60. The van der Waals surface area contributed by atoms with Gasteiger partial charge in [-0.2, -0.15) is 0 Å². The van der Waals surface area contributed by atoms with Gasteiger partial charge in [-0.05, 0) is 50.7 Å². The second-order valence-electron chi connectivity index (χ2n) is 6.82. The van der Waals surface area contributed by atoms with Crippen molar-refractivity contribution in [2.75, 3.05) is 7.11 Å². The normalized spacial score (nSPS) is 16.6. The number of hydrogen-bond acceptors (Lipinski definition) is 3. The summed E-state index contributed by atoms with van der Waals surface area (Å²) >= 11 is 0. The molecule has 0 N–H and O–H groups in total. The Balaban J connectivity index is 2.26. The summed E-state index contributed by atoms with van der Waals surface area (Å²) in [5.41, 5.74) is 1.91. The molecule has 20 heavy (non-hydrogen) atoms. The molecule has 0 bridgehead atoms. The molecular weight excluding hydrogens is 252 g/mol. The van der Waals surface area contributed by atoms with Crippen LogP contribution in [0, 0.1) is 0 Å². The second kappa shape index (κ2) is 5.12. The average molecular weight is 276 g/mol. The van der Waals surface area contributed by atoms with Crippen molar-refractivity contribution >= 4 is 5.97 Å². The summed E-state index contributed by atoms with van der Waals surface area (Å²) in [5, 5.41) is 0. The fourth-order valence-electron chi connectivity index (χ4n) is 2.55. The Hall–Kier alpha value is -1.51. The van der Waals surface area contributed by atoms with E-state index in [2.05, 4.69) is 6.92 Å². The molecule has 3 heteroatoms. The number of carbonyl (C=O) groups excluding carboxylic acids is 1. The van der Waals surface area contributed by atoms with Gasteiger partial charge >= 0.3 is 5.97 Å². The topological polar surface area (TPSA) is 35.5 Å². The van der Waals surface area contributed by atoms with Gasteiger partial charge in [-0.15, -0.1) is 0 Å². The van der Waals surface area contributed by atoms with Crippen LogP contribution in [0.2, 0.25) is 0 Å². The molecule has 0 aliphatic heterocycles. The van der Waals surface area contributed by atoms with Crippen molar-refractivity contribution in [1.29, 1.82) is 0 Å². The average Bonchev–Trinajstić information content (AvgIpc) is 3.05. The van der Waals surface area contributed by atoms with E-state index in [1.807, 2.05) is 39.0 Å². The van der Waals surface area contributed by atoms with Crippen molar-refractivity contribution in [2.24, 2.45) is 0 Å². The number of hydrogen-bond donors (Lipinski definition) is 0. The van der Waals surface area contributed by atoms with Crippen molar-refractivity contribution in [2.45, 2.75) is 58.0 Å². The predicted octanol–water partition coefficient (Wildman–Crippen LogP) is 3.63. The van der Waals surface area contributed by atoms with Crippen LogP contribution in [0.4, 0.5) is 0 Å². The van der Waals surface area contributed by atoms with E-state index in [4.69, 9.17) is 9.47 Å². The lowest BCUT2D eigenvalue weighted by molar-refractivity contribution is -0.153. The van der Waals surface area contributed by atoms with E-state index in [-0.39, 0.29) is 11.4 Å². The van der Waals surface area contributed by atoms with Gasteiger partial charge in [-0.25, -0.2) is 0 Å². The summed E-state index contributed by atoms with van der Waals surface area (Å²) in [4.78, 5) is 12.1. The highest BCUT2D eigenvalue weighted by molar-refractivity contribution is 5.74. The highest BCUT2D eigenvalue weighted by atomic mass is 16.6. The Morgan fingerprint density at radius 2 is 1.95 bits per heavy atom. The molecule has 0 heterocycles. The number of ether oxygens (including phenoxy) is 2. The van der Waals surface area contributed by atoms with Gasteiger partial charge in [0.05, 0.1) is 13.5 Å². The van der Waals surface area contributed by atoms with E-state index in [1.54, 1.807) is 7.11 Å². The lowest BCUT2D eigenvalue weighted by Gasteiger charge is -2.22. The van der Waals surface area contributed by atoms with E-state index in [0.717, 1.165) is 24.2 Å². The quantitative estimate of drug-likeness (QED) is 0.788. The highest BCUT2D eigenvalue weighted by Crippen LogP contribution is 2.52. The standard InChI is InChI=1S/C17H24O3/c1-16(2,3)20-14(18)11-12-7-6-8-13(19-5)15(12)17(4)9-10-17/h6-8H,9-11H2,1-5H3.